The van der Waals surface area contributed by atoms with Gasteiger partial charge in [-0.05, 0) is 56.0 Å². The molecule has 0 aliphatic heterocycles. The predicted octanol–water partition coefficient (Wildman–Crippen LogP) is 4.84. The summed E-state index contributed by atoms with van der Waals surface area (Å²) in [6.45, 7) is 4.48. The first-order valence-electron chi connectivity index (χ1n) is 12.9. The molecule has 37 heavy (non-hydrogen) atoms. The van der Waals surface area contributed by atoms with Crippen molar-refractivity contribution < 1.29 is 18.0 Å². The van der Waals surface area contributed by atoms with Gasteiger partial charge in [-0.15, -0.1) is 0 Å². The molecule has 2 aromatic heterocycles. The molecule has 0 bridgehead atoms. The van der Waals surface area contributed by atoms with Crippen LogP contribution in [0.2, 0.25) is 0 Å². The quantitative estimate of drug-likeness (QED) is 0.393. The zero-order chi connectivity index (χ0) is 26.6. The zero-order valence-corrected chi connectivity index (χ0v) is 22.5. The number of anilines is 3. The van der Waals surface area contributed by atoms with E-state index in [9.17, 15) is 18.0 Å². The van der Waals surface area contributed by atoms with Crippen molar-refractivity contribution in [2.24, 2.45) is 5.92 Å². The summed E-state index contributed by atoms with van der Waals surface area (Å²) in [5, 5.41) is 2.82. The van der Waals surface area contributed by atoms with Crippen LogP contribution in [0.1, 0.15) is 68.4 Å². The molecule has 1 aliphatic rings. The van der Waals surface area contributed by atoms with Gasteiger partial charge in [0.2, 0.25) is 15.9 Å². The molecule has 0 radical (unpaired) electrons. The number of carbonyl (C=O) groups is 2. The summed E-state index contributed by atoms with van der Waals surface area (Å²) in [4.78, 5) is 32.9. The van der Waals surface area contributed by atoms with Gasteiger partial charge in [-0.25, -0.2) is 13.4 Å². The maximum atomic E-state index is 13.3. The number of benzene rings is 1. The first-order valence-corrected chi connectivity index (χ1v) is 14.8. The van der Waals surface area contributed by atoms with E-state index in [1.807, 2.05) is 18.2 Å². The lowest BCUT2D eigenvalue weighted by atomic mass is 10.0. The van der Waals surface area contributed by atoms with E-state index in [0.29, 0.717) is 53.7 Å². The van der Waals surface area contributed by atoms with Crippen LogP contribution in [0, 0.1) is 5.92 Å². The summed E-state index contributed by atoms with van der Waals surface area (Å²) in [5.41, 5.74) is 2.69. The van der Waals surface area contributed by atoms with E-state index < -0.39 is 10.0 Å². The smallest absolute Gasteiger partial charge is 0.257 e. The molecule has 2 heterocycles. The third-order valence-corrected chi connectivity index (χ3v) is 7.40. The van der Waals surface area contributed by atoms with E-state index in [1.165, 1.54) is 25.7 Å². The van der Waals surface area contributed by atoms with Gasteiger partial charge < -0.3 is 5.32 Å². The van der Waals surface area contributed by atoms with Gasteiger partial charge in [-0.3, -0.25) is 23.6 Å². The van der Waals surface area contributed by atoms with Crippen LogP contribution in [0.25, 0.3) is 5.65 Å². The minimum absolute atomic E-state index is 0.0796. The number of carbonyl (C=O) groups excluding carboxylic acids is 2. The summed E-state index contributed by atoms with van der Waals surface area (Å²) in [6, 6.07) is 9.97. The van der Waals surface area contributed by atoms with E-state index in [4.69, 9.17) is 4.98 Å². The predicted molar refractivity (Wildman–Crippen MR) is 147 cm³/mol. The Labute approximate surface area is 218 Å². The molecule has 0 unspecified atom stereocenters. The molecule has 0 atom stereocenters. The number of amides is 2. The van der Waals surface area contributed by atoms with Crippen LogP contribution in [0.4, 0.5) is 17.2 Å². The van der Waals surface area contributed by atoms with Gasteiger partial charge in [-0.2, -0.15) is 0 Å². The highest BCUT2D eigenvalue weighted by molar-refractivity contribution is 7.92. The number of pyridine rings is 1. The second kappa shape index (κ2) is 11.3. The second-order valence-electron chi connectivity index (χ2n) is 9.62. The van der Waals surface area contributed by atoms with Gasteiger partial charge in [0.25, 0.3) is 5.91 Å². The van der Waals surface area contributed by atoms with Crippen LogP contribution in [-0.2, 0) is 21.2 Å². The van der Waals surface area contributed by atoms with Gasteiger partial charge >= 0.3 is 0 Å². The Balaban J connectivity index is 1.59. The van der Waals surface area contributed by atoms with Crippen molar-refractivity contribution in [3.8, 4) is 0 Å². The van der Waals surface area contributed by atoms with Crippen molar-refractivity contribution in [1.29, 1.82) is 0 Å². The molecule has 1 aromatic carbocycles. The second-order valence-corrected chi connectivity index (χ2v) is 11.4. The summed E-state index contributed by atoms with van der Waals surface area (Å²) >= 11 is 0. The topological polar surface area (TPSA) is 113 Å². The SMILES string of the molecule is CCc1nc2ccc(C(=O)Nc3cccc(NS(C)(=O)=O)c3)cn2c1N(CC)C(=O)CCC1CCCC1. The number of nitrogens with zero attached hydrogens (tertiary/aromatic N) is 3. The number of rotatable bonds is 10. The largest absolute Gasteiger partial charge is 0.322 e. The standard InChI is InChI=1S/C27H35N5O4S/c1-4-23-27(31(5-2)25(33)16-13-19-9-6-7-10-19)32-18-20(14-15-24(32)29-23)26(34)28-21-11-8-12-22(17-21)30-37(3,35)36/h8,11-12,14-15,17-19,30H,4-7,9-10,13,16H2,1-3H3,(H,28,34). The summed E-state index contributed by atoms with van der Waals surface area (Å²) in [6.07, 6.45) is 9.78. The van der Waals surface area contributed by atoms with E-state index >= 15 is 0 Å². The Bertz CT molecular complexity index is 1390. The lowest BCUT2D eigenvalue weighted by Crippen LogP contribution is -2.32. The molecular formula is C27H35N5O4S. The highest BCUT2D eigenvalue weighted by Gasteiger charge is 2.24. The molecule has 1 fully saturated rings. The highest BCUT2D eigenvalue weighted by atomic mass is 32.2. The Morgan fingerprint density at radius 3 is 2.51 bits per heavy atom. The van der Waals surface area contributed by atoms with E-state index in [2.05, 4.69) is 10.0 Å². The van der Waals surface area contributed by atoms with Crippen molar-refractivity contribution in [3.63, 3.8) is 0 Å². The molecule has 0 spiro atoms. The maximum absolute atomic E-state index is 13.3. The molecule has 1 aliphatic carbocycles. The average Bonchev–Trinajstić information content (AvgIpc) is 3.50. The molecule has 2 amide bonds. The Morgan fingerprint density at radius 2 is 1.84 bits per heavy atom. The maximum Gasteiger partial charge on any atom is 0.257 e. The molecule has 4 rings (SSSR count). The number of nitrogens with one attached hydrogen (secondary N) is 2. The molecule has 198 valence electrons. The number of sulfonamides is 1. The third kappa shape index (κ3) is 6.49. The first-order chi connectivity index (χ1) is 17.7. The monoisotopic (exact) mass is 525 g/mol. The fourth-order valence-corrected chi connectivity index (χ4v) is 5.58. The number of hydrogen-bond acceptors (Lipinski definition) is 5. The highest BCUT2D eigenvalue weighted by Crippen LogP contribution is 2.30. The van der Waals surface area contributed by atoms with Gasteiger partial charge in [0, 0.05) is 24.8 Å². The van der Waals surface area contributed by atoms with Gasteiger partial charge in [0.05, 0.1) is 23.2 Å². The van der Waals surface area contributed by atoms with E-state index in [-0.39, 0.29) is 11.8 Å². The molecule has 10 heteroatoms. The fraction of sp³-hybridized carbons (Fsp3) is 0.444. The number of imidazole rings is 1. The zero-order valence-electron chi connectivity index (χ0n) is 21.7. The molecule has 9 nitrogen and oxygen atoms in total. The number of aryl methyl sites for hydroxylation is 1. The van der Waals surface area contributed by atoms with Crippen LogP contribution in [0.3, 0.4) is 0 Å². The molecular weight excluding hydrogens is 490 g/mol. The average molecular weight is 526 g/mol. The van der Waals surface area contributed by atoms with Crippen LogP contribution >= 0.6 is 0 Å². The molecule has 1 saturated carbocycles. The van der Waals surface area contributed by atoms with Crippen molar-refractivity contribution >= 4 is 44.7 Å². The molecule has 2 N–H and O–H groups in total. The third-order valence-electron chi connectivity index (χ3n) is 6.80. The van der Waals surface area contributed by atoms with Crippen LogP contribution < -0.4 is 14.9 Å². The Morgan fingerprint density at radius 1 is 1.11 bits per heavy atom. The van der Waals surface area contributed by atoms with Crippen LogP contribution in [-0.4, -0.2) is 42.4 Å². The number of aromatic nitrogens is 2. The van der Waals surface area contributed by atoms with Crippen molar-refractivity contribution in [2.45, 2.75) is 58.8 Å². The number of fused-ring (bicyclic) bond motifs is 1. The van der Waals surface area contributed by atoms with Crippen molar-refractivity contribution in [2.75, 3.05) is 27.7 Å². The van der Waals surface area contributed by atoms with Crippen molar-refractivity contribution in [3.05, 3.63) is 53.9 Å². The first kappa shape index (κ1) is 26.7. The van der Waals surface area contributed by atoms with Crippen molar-refractivity contribution in [1.82, 2.24) is 9.38 Å². The normalized spacial score (nSPS) is 14.1. The Hall–Kier alpha value is -3.40. The summed E-state index contributed by atoms with van der Waals surface area (Å²) in [7, 11) is -3.44. The van der Waals surface area contributed by atoms with Crippen LogP contribution in [0.15, 0.2) is 42.6 Å². The summed E-state index contributed by atoms with van der Waals surface area (Å²) < 4.78 is 27.3. The van der Waals surface area contributed by atoms with Crippen LogP contribution in [0.5, 0.6) is 0 Å². The van der Waals surface area contributed by atoms with Gasteiger partial charge in [0.15, 0.2) is 0 Å². The van der Waals surface area contributed by atoms with Gasteiger partial charge in [0.1, 0.15) is 11.5 Å². The minimum atomic E-state index is -3.44. The minimum Gasteiger partial charge on any atom is -0.322 e. The van der Waals surface area contributed by atoms with Gasteiger partial charge in [-0.1, -0.05) is 38.7 Å². The van der Waals surface area contributed by atoms with E-state index in [0.717, 1.165) is 18.4 Å². The van der Waals surface area contributed by atoms with E-state index in [1.54, 1.807) is 47.5 Å². The fourth-order valence-electron chi connectivity index (χ4n) is 5.02. The number of hydrogen-bond donors (Lipinski definition) is 2. The molecule has 0 saturated heterocycles. The Kier molecular flexibility index (Phi) is 8.16. The lowest BCUT2D eigenvalue weighted by Gasteiger charge is -2.22. The summed E-state index contributed by atoms with van der Waals surface area (Å²) in [5.74, 6) is 1.07. The lowest BCUT2D eigenvalue weighted by molar-refractivity contribution is -0.118. The molecule has 3 aromatic rings.